The number of hydrogen-bond donors (Lipinski definition) is 1. The first-order chi connectivity index (χ1) is 7.11. The van der Waals surface area contributed by atoms with Gasteiger partial charge in [0, 0.05) is 5.69 Å². The Bertz CT molecular complexity index is 365. The van der Waals surface area contributed by atoms with Gasteiger partial charge in [-0.15, -0.1) is 0 Å². The molecular weight excluding hydrogens is 184 g/mol. The summed E-state index contributed by atoms with van der Waals surface area (Å²) in [5.41, 5.74) is 1.77. The van der Waals surface area contributed by atoms with Crippen molar-refractivity contribution in [1.82, 2.24) is 0 Å². The van der Waals surface area contributed by atoms with Crippen molar-refractivity contribution >= 4 is 5.69 Å². The van der Waals surface area contributed by atoms with Gasteiger partial charge in [-0.3, -0.25) is 0 Å². The van der Waals surface area contributed by atoms with E-state index in [2.05, 4.69) is 18.3 Å². The normalized spacial score (nSPS) is 14.0. The summed E-state index contributed by atoms with van der Waals surface area (Å²) in [6.07, 6.45) is 1.86. The van der Waals surface area contributed by atoms with Crippen LogP contribution in [0.4, 0.5) is 5.69 Å². The van der Waals surface area contributed by atoms with E-state index in [9.17, 15) is 0 Å². The molecule has 0 aliphatic carbocycles. The van der Waals surface area contributed by atoms with Crippen LogP contribution >= 0.6 is 0 Å². The molecule has 0 saturated carbocycles. The Morgan fingerprint density at radius 3 is 2.60 bits per heavy atom. The van der Waals surface area contributed by atoms with Crippen molar-refractivity contribution in [3.63, 3.8) is 0 Å². The molecule has 2 nitrogen and oxygen atoms in total. The number of anilines is 1. The van der Waals surface area contributed by atoms with Gasteiger partial charge < -0.3 is 5.32 Å². The van der Waals surface area contributed by atoms with Crippen molar-refractivity contribution in [1.29, 1.82) is 5.26 Å². The average Bonchev–Trinajstić information content (AvgIpc) is 2.22. The molecule has 1 unspecified atom stereocenters. The fourth-order valence-electron chi connectivity index (χ4n) is 1.66. The third-order valence-electron chi connectivity index (χ3n) is 2.55. The van der Waals surface area contributed by atoms with Crippen LogP contribution in [0.3, 0.4) is 0 Å². The summed E-state index contributed by atoms with van der Waals surface area (Å²) in [4.78, 5) is 0. The minimum absolute atomic E-state index is 0.457. The van der Waals surface area contributed by atoms with Crippen LogP contribution in [0, 0.1) is 18.3 Å². The third-order valence-corrected chi connectivity index (χ3v) is 2.55. The number of nitrogens with zero attached hydrogens (tertiary/aromatic N) is 1. The molecule has 0 aromatic heterocycles. The maximum Gasteiger partial charge on any atom is 0.122 e. The standard InChI is InChI=1S/C13H18N2/c1-4-9-13(3,10-14)15-12-8-6-5-7-11(12)2/h5-8,15H,4,9H2,1-3H3. The number of aryl methyl sites for hydroxylation is 1. The molecule has 0 amide bonds. The summed E-state index contributed by atoms with van der Waals surface area (Å²) in [5.74, 6) is 0. The molecule has 80 valence electrons. The van der Waals surface area contributed by atoms with E-state index in [0.717, 1.165) is 18.5 Å². The summed E-state index contributed by atoms with van der Waals surface area (Å²) >= 11 is 0. The van der Waals surface area contributed by atoms with Gasteiger partial charge in [0.25, 0.3) is 0 Å². The number of rotatable bonds is 4. The first kappa shape index (κ1) is 11.6. The molecule has 1 rings (SSSR count). The molecule has 0 bridgehead atoms. The van der Waals surface area contributed by atoms with E-state index in [1.807, 2.05) is 38.1 Å². The third kappa shape index (κ3) is 2.99. The van der Waals surface area contributed by atoms with Gasteiger partial charge in [0.2, 0.25) is 0 Å². The minimum atomic E-state index is -0.457. The molecule has 15 heavy (non-hydrogen) atoms. The van der Waals surface area contributed by atoms with Gasteiger partial charge in [0.1, 0.15) is 5.54 Å². The second-order valence-electron chi connectivity index (χ2n) is 4.13. The van der Waals surface area contributed by atoms with Crippen molar-refractivity contribution in [2.45, 2.75) is 39.2 Å². The molecule has 0 fully saturated rings. The van der Waals surface area contributed by atoms with Crippen LogP contribution in [-0.2, 0) is 0 Å². The Hall–Kier alpha value is -1.49. The molecule has 1 N–H and O–H groups in total. The highest BCUT2D eigenvalue weighted by Crippen LogP contribution is 2.22. The molecule has 0 aliphatic heterocycles. The van der Waals surface area contributed by atoms with Crippen molar-refractivity contribution < 1.29 is 0 Å². The van der Waals surface area contributed by atoms with Crippen LogP contribution in [-0.4, -0.2) is 5.54 Å². The zero-order valence-electron chi connectivity index (χ0n) is 9.67. The first-order valence-corrected chi connectivity index (χ1v) is 5.36. The quantitative estimate of drug-likeness (QED) is 0.811. The van der Waals surface area contributed by atoms with Gasteiger partial charge in [-0.1, -0.05) is 31.5 Å². The fraction of sp³-hybridized carbons (Fsp3) is 0.462. The van der Waals surface area contributed by atoms with Gasteiger partial charge in [-0.25, -0.2) is 0 Å². The number of nitriles is 1. The topological polar surface area (TPSA) is 35.8 Å². The monoisotopic (exact) mass is 202 g/mol. The van der Waals surface area contributed by atoms with Crippen LogP contribution in [0.2, 0.25) is 0 Å². The SMILES string of the molecule is CCCC(C)(C#N)Nc1ccccc1C. The van der Waals surface area contributed by atoms with Crippen LogP contribution in [0.15, 0.2) is 24.3 Å². The Kier molecular flexibility index (Phi) is 3.74. The van der Waals surface area contributed by atoms with Crippen molar-refractivity contribution in [3.05, 3.63) is 29.8 Å². The van der Waals surface area contributed by atoms with Gasteiger partial charge >= 0.3 is 0 Å². The summed E-state index contributed by atoms with van der Waals surface area (Å²) < 4.78 is 0. The Balaban J connectivity index is 2.85. The highest BCUT2D eigenvalue weighted by atomic mass is 15.0. The smallest absolute Gasteiger partial charge is 0.122 e. The van der Waals surface area contributed by atoms with Gasteiger partial charge in [0.15, 0.2) is 0 Å². The lowest BCUT2D eigenvalue weighted by molar-refractivity contribution is 0.578. The van der Waals surface area contributed by atoms with Crippen molar-refractivity contribution in [2.75, 3.05) is 5.32 Å². The average molecular weight is 202 g/mol. The van der Waals surface area contributed by atoms with E-state index in [4.69, 9.17) is 5.26 Å². The highest BCUT2D eigenvalue weighted by Gasteiger charge is 2.22. The lowest BCUT2D eigenvalue weighted by Gasteiger charge is -2.24. The van der Waals surface area contributed by atoms with E-state index < -0.39 is 5.54 Å². The first-order valence-electron chi connectivity index (χ1n) is 5.36. The van der Waals surface area contributed by atoms with Crippen LogP contribution in [0.25, 0.3) is 0 Å². The zero-order chi connectivity index (χ0) is 11.3. The minimum Gasteiger partial charge on any atom is -0.367 e. The number of para-hydroxylation sites is 1. The molecule has 1 aromatic rings. The van der Waals surface area contributed by atoms with Gasteiger partial charge in [-0.2, -0.15) is 5.26 Å². The maximum atomic E-state index is 9.16. The van der Waals surface area contributed by atoms with E-state index in [1.54, 1.807) is 0 Å². The van der Waals surface area contributed by atoms with Crippen molar-refractivity contribution in [2.24, 2.45) is 0 Å². The molecule has 1 aromatic carbocycles. The van der Waals surface area contributed by atoms with E-state index in [1.165, 1.54) is 5.56 Å². The summed E-state index contributed by atoms with van der Waals surface area (Å²) in [6, 6.07) is 10.4. The Morgan fingerprint density at radius 2 is 2.07 bits per heavy atom. The van der Waals surface area contributed by atoms with Crippen LogP contribution < -0.4 is 5.32 Å². The van der Waals surface area contributed by atoms with Gasteiger partial charge in [0.05, 0.1) is 6.07 Å². The summed E-state index contributed by atoms with van der Waals surface area (Å²) in [6.45, 7) is 6.09. The molecule has 2 heteroatoms. The molecule has 0 radical (unpaired) electrons. The second kappa shape index (κ2) is 4.84. The van der Waals surface area contributed by atoms with Gasteiger partial charge in [-0.05, 0) is 31.9 Å². The van der Waals surface area contributed by atoms with Crippen LogP contribution in [0.5, 0.6) is 0 Å². The lowest BCUT2D eigenvalue weighted by atomic mass is 9.97. The highest BCUT2D eigenvalue weighted by molar-refractivity contribution is 5.53. The Labute approximate surface area is 91.9 Å². The lowest BCUT2D eigenvalue weighted by Crippen LogP contribution is -2.32. The predicted octanol–water partition coefficient (Wildman–Crippen LogP) is 3.49. The van der Waals surface area contributed by atoms with E-state index >= 15 is 0 Å². The maximum absolute atomic E-state index is 9.16. The van der Waals surface area contributed by atoms with E-state index in [-0.39, 0.29) is 0 Å². The van der Waals surface area contributed by atoms with Crippen LogP contribution in [0.1, 0.15) is 32.3 Å². The fourth-order valence-corrected chi connectivity index (χ4v) is 1.66. The number of nitrogens with one attached hydrogen (secondary N) is 1. The Morgan fingerprint density at radius 1 is 1.40 bits per heavy atom. The molecule has 0 heterocycles. The largest absolute Gasteiger partial charge is 0.367 e. The summed E-state index contributed by atoms with van der Waals surface area (Å²) in [5, 5.41) is 12.5. The molecule has 0 aliphatic rings. The molecule has 0 spiro atoms. The number of hydrogen-bond acceptors (Lipinski definition) is 2. The summed E-state index contributed by atoms with van der Waals surface area (Å²) in [7, 11) is 0. The molecular formula is C13H18N2. The molecule has 1 atom stereocenters. The van der Waals surface area contributed by atoms with Crippen molar-refractivity contribution in [3.8, 4) is 6.07 Å². The predicted molar refractivity (Wildman–Crippen MR) is 63.7 cm³/mol. The van der Waals surface area contributed by atoms with E-state index in [0.29, 0.717) is 0 Å². The molecule has 0 saturated heterocycles. The zero-order valence-corrected chi connectivity index (χ0v) is 9.67. The second-order valence-corrected chi connectivity index (χ2v) is 4.13. The number of benzene rings is 1.